The highest BCUT2D eigenvalue weighted by molar-refractivity contribution is 7.14. The summed E-state index contributed by atoms with van der Waals surface area (Å²) in [4.78, 5) is 27.0. The molecule has 6 nitrogen and oxygen atoms in total. The van der Waals surface area contributed by atoms with E-state index in [0.717, 1.165) is 23.5 Å². The van der Waals surface area contributed by atoms with Gasteiger partial charge in [0.15, 0.2) is 5.13 Å². The van der Waals surface area contributed by atoms with Crippen LogP contribution in [-0.4, -0.2) is 15.8 Å². The molecule has 0 bridgehead atoms. The zero-order chi connectivity index (χ0) is 20.5. The van der Waals surface area contributed by atoms with Gasteiger partial charge in [-0.3, -0.25) is 20.2 Å². The third-order valence-electron chi connectivity index (χ3n) is 3.90. The quantitative estimate of drug-likeness (QED) is 0.470. The Labute approximate surface area is 160 Å². The van der Waals surface area contributed by atoms with Gasteiger partial charge in [-0.25, -0.2) is 4.98 Å². The molecule has 0 aliphatic heterocycles. The summed E-state index contributed by atoms with van der Waals surface area (Å²) in [6, 6.07) is 9.01. The van der Waals surface area contributed by atoms with Crippen LogP contribution in [0.2, 0.25) is 0 Å². The van der Waals surface area contributed by atoms with Crippen LogP contribution in [0.5, 0.6) is 0 Å². The van der Waals surface area contributed by atoms with Crippen molar-refractivity contribution in [1.82, 2.24) is 4.98 Å². The number of carbonyl (C=O) groups is 1. The van der Waals surface area contributed by atoms with Crippen LogP contribution in [0.1, 0.15) is 21.5 Å². The van der Waals surface area contributed by atoms with Gasteiger partial charge in [-0.1, -0.05) is 24.3 Å². The number of nitrogens with one attached hydrogen (secondary N) is 1. The van der Waals surface area contributed by atoms with Crippen LogP contribution in [-0.2, 0) is 6.18 Å². The number of nitro benzene ring substituents is 1. The lowest BCUT2D eigenvalue weighted by Crippen LogP contribution is -2.18. The fourth-order valence-corrected chi connectivity index (χ4v) is 3.24. The average molecular weight is 407 g/mol. The topological polar surface area (TPSA) is 85.1 Å². The van der Waals surface area contributed by atoms with Gasteiger partial charge in [0.1, 0.15) is 0 Å². The van der Waals surface area contributed by atoms with Crippen LogP contribution >= 0.6 is 11.3 Å². The molecule has 1 amide bonds. The molecule has 2 aromatic carbocycles. The van der Waals surface area contributed by atoms with Gasteiger partial charge in [-0.2, -0.15) is 13.2 Å². The Balaban J connectivity index is 1.86. The molecule has 0 saturated heterocycles. The number of halogens is 3. The van der Waals surface area contributed by atoms with Crippen molar-refractivity contribution in [3.8, 4) is 11.3 Å². The Hall–Kier alpha value is -3.27. The predicted octanol–water partition coefficient (Wildman–Crippen LogP) is 5.30. The molecule has 0 saturated carbocycles. The van der Waals surface area contributed by atoms with Gasteiger partial charge >= 0.3 is 6.18 Å². The zero-order valence-electron chi connectivity index (χ0n) is 14.3. The lowest BCUT2D eigenvalue weighted by molar-refractivity contribution is -0.385. The van der Waals surface area contributed by atoms with Crippen LogP contribution in [0, 0.1) is 17.0 Å². The maximum Gasteiger partial charge on any atom is 0.417 e. The van der Waals surface area contributed by atoms with Crippen molar-refractivity contribution in [2.75, 3.05) is 5.32 Å². The van der Waals surface area contributed by atoms with Crippen molar-refractivity contribution >= 4 is 28.1 Å². The first-order valence-corrected chi connectivity index (χ1v) is 8.73. The number of aromatic nitrogens is 1. The monoisotopic (exact) mass is 407 g/mol. The van der Waals surface area contributed by atoms with Gasteiger partial charge in [0.05, 0.1) is 21.7 Å². The highest BCUT2D eigenvalue weighted by Gasteiger charge is 2.35. The van der Waals surface area contributed by atoms with Gasteiger partial charge in [0.2, 0.25) is 0 Å². The smallest absolute Gasteiger partial charge is 0.298 e. The summed E-state index contributed by atoms with van der Waals surface area (Å²) in [5.41, 5.74) is -0.315. The van der Waals surface area contributed by atoms with E-state index >= 15 is 0 Å². The molecule has 3 aromatic rings. The summed E-state index contributed by atoms with van der Waals surface area (Å²) < 4.78 is 39.2. The van der Waals surface area contributed by atoms with Crippen LogP contribution in [0.25, 0.3) is 11.3 Å². The van der Waals surface area contributed by atoms with E-state index in [1.165, 1.54) is 18.2 Å². The van der Waals surface area contributed by atoms with Gasteiger partial charge in [0.25, 0.3) is 11.6 Å². The molecule has 0 unspecified atom stereocenters. The fourth-order valence-electron chi connectivity index (χ4n) is 2.52. The molecule has 0 aliphatic rings. The summed E-state index contributed by atoms with van der Waals surface area (Å²) in [5, 5.41) is 15.0. The Morgan fingerprint density at radius 3 is 2.61 bits per heavy atom. The minimum atomic E-state index is -4.66. The number of nitrogens with zero attached hydrogens (tertiary/aromatic N) is 2. The molecule has 1 N–H and O–H groups in total. The molecular weight excluding hydrogens is 395 g/mol. The molecule has 144 valence electrons. The molecule has 0 spiro atoms. The van der Waals surface area contributed by atoms with Crippen LogP contribution in [0.3, 0.4) is 0 Å². The Bertz CT molecular complexity index is 1060. The van der Waals surface area contributed by atoms with Crippen molar-refractivity contribution < 1.29 is 22.9 Å². The first-order chi connectivity index (χ1) is 13.2. The number of nitro groups is 1. The number of anilines is 1. The SMILES string of the molecule is Cc1ccc(-c2csc(NC(=O)c3ccccc3C(F)(F)F)n2)cc1[N+](=O)[O-]. The molecule has 0 fully saturated rings. The largest absolute Gasteiger partial charge is 0.417 e. The van der Waals surface area contributed by atoms with Crippen molar-refractivity contribution in [2.45, 2.75) is 13.1 Å². The van der Waals surface area contributed by atoms with Gasteiger partial charge in [0, 0.05) is 22.6 Å². The zero-order valence-corrected chi connectivity index (χ0v) is 15.1. The van der Waals surface area contributed by atoms with Crippen molar-refractivity contribution in [3.05, 3.63) is 74.6 Å². The second kappa shape index (κ2) is 7.39. The average Bonchev–Trinajstić information content (AvgIpc) is 3.09. The summed E-state index contributed by atoms with van der Waals surface area (Å²) in [5.74, 6) is -0.941. The minimum Gasteiger partial charge on any atom is -0.298 e. The maximum atomic E-state index is 13.1. The van der Waals surface area contributed by atoms with Crippen LogP contribution < -0.4 is 5.32 Å². The number of hydrogen-bond acceptors (Lipinski definition) is 5. The highest BCUT2D eigenvalue weighted by atomic mass is 32.1. The molecule has 3 rings (SSSR count). The third-order valence-corrected chi connectivity index (χ3v) is 4.66. The summed E-state index contributed by atoms with van der Waals surface area (Å²) in [6.45, 7) is 1.60. The van der Waals surface area contributed by atoms with Crippen molar-refractivity contribution in [2.24, 2.45) is 0 Å². The second-order valence-corrected chi connectivity index (χ2v) is 6.65. The summed E-state index contributed by atoms with van der Waals surface area (Å²) in [6.07, 6.45) is -4.66. The number of amides is 1. The Morgan fingerprint density at radius 1 is 1.21 bits per heavy atom. The molecule has 0 radical (unpaired) electrons. The molecule has 10 heteroatoms. The Kier molecular flexibility index (Phi) is 5.14. The van der Waals surface area contributed by atoms with Gasteiger partial charge in [-0.15, -0.1) is 11.3 Å². The highest BCUT2D eigenvalue weighted by Crippen LogP contribution is 2.33. The van der Waals surface area contributed by atoms with E-state index in [9.17, 15) is 28.1 Å². The number of benzene rings is 2. The lowest BCUT2D eigenvalue weighted by atomic mass is 10.1. The van der Waals surface area contributed by atoms with Crippen LogP contribution in [0.15, 0.2) is 47.8 Å². The van der Waals surface area contributed by atoms with E-state index in [4.69, 9.17) is 0 Å². The number of rotatable bonds is 4. The summed E-state index contributed by atoms with van der Waals surface area (Å²) >= 11 is 1.01. The van der Waals surface area contributed by atoms with E-state index in [0.29, 0.717) is 16.8 Å². The number of alkyl halides is 3. The molecule has 0 atom stereocenters. The second-order valence-electron chi connectivity index (χ2n) is 5.79. The van der Waals surface area contributed by atoms with Crippen molar-refractivity contribution in [3.63, 3.8) is 0 Å². The first-order valence-electron chi connectivity index (χ1n) is 7.85. The van der Waals surface area contributed by atoms with E-state index < -0.39 is 28.1 Å². The number of aryl methyl sites for hydroxylation is 1. The third kappa shape index (κ3) is 4.01. The molecule has 1 aromatic heterocycles. The van der Waals surface area contributed by atoms with Gasteiger partial charge in [-0.05, 0) is 19.1 Å². The standard InChI is InChI=1S/C18H12F3N3O3S/c1-10-6-7-11(8-15(10)24(26)27)14-9-28-17(22-14)23-16(25)12-4-2-3-5-13(12)18(19,20)21/h2-9H,1H3,(H,22,23,25). The summed E-state index contributed by atoms with van der Waals surface area (Å²) in [7, 11) is 0. The lowest BCUT2D eigenvalue weighted by Gasteiger charge is -2.11. The van der Waals surface area contributed by atoms with Gasteiger partial charge < -0.3 is 0 Å². The normalized spacial score (nSPS) is 11.3. The van der Waals surface area contributed by atoms with E-state index in [1.54, 1.807) is 24.4 Å². The molecule has 28 heavy (non-hydrogen) atoms. The number of thiazole rings is 1. The first kappa shape index (κ1) is 19.5. The molecular formula is C18H12F3N3O3S. The van der Waals surface area contributed by atoms with E-state index in [-0.39, 0.29) is 10.8 Å². The number of hydrogen-bond donors (Lipinski definition) is 1. The fraction of sp³-hybridized carbons (Fsp3) is 0.111. The van der Waals surface area contributed by atoms with Crippen LogP contribution in [0.4, 0.5) is 24.0 Å². The predicted molar refractivity (Wildman–Crippen MR) is 98.3 cm³/mol. The van der Waals surface area contributed by atoms with E-state index in [2.05, 4.69) is 10.3 Å². The molecule has 0 aliphatic carbocycles. The maximum absolute atomic E-state index is 13.1. The van der Waals surface area contributed by atoms with E-state index in [1.807, 2.05) is 0 Å². The minimum absolute atomic E-state index is 0.0739. The molecule has 1 heterocycles. The number of carbonyl (C=O) groups excluding carboxylic acids is 1. The van der Waals surface area contributed by atoms with Crippen molar-refractivity contribution in [1.29, 1.82) is 0 Å². The Morgan fingerprint density at radius 2 is 1.93 bits per heavy atom.